The first-order valence-electron chi connectivity index (χ1n) is 6.65. The van der Waals surface area contributed by atoms with E-state index in [1.807, 2.05) is 0 Å². The molecule has 10 heteroatoms. The van der Waals surface area contributed by atoms with Crippen molar-refractivity contribution in [3.63, 3.8) is 0 Å². The molecule has 2 heterocycles. The molecule has 2 rings (SSSR count). The summed E-state index contributed by atoms with van der Waals surface area (Å²) in [5, 5.41) is 13.6. The van der Waals surface area contributed by atoms with Gasteiger partial charge in [-0.2, -0.15) is 13.2 Å². The Morgan fingerprint density at radius 2 is 2.04 bits per heavy atom. The minimum absolute atomic E-state index is 0.176. The van der Waals surface area contributed by atoms with E-state index in [4.69, 9.17) is 0 Å². The number of aliphatic hydroxyl groups is 1. The largest absolute Gasteiger partial charge is 0.466 e. The average molecular weight is 333 g/mol. The van der Waals surface area contributed by atoms with E-state index in [2.05, 4.69) is 15.0 Å². The number of carbonyl (C=O) groups excluding carboxylic acids is 2. The van der Waals surface area contributed by atoms with Gasteiger partial charge in [0.05, 0.1) is 12.6 Å². The maximum absolute atomic E-state index is 13.3. The first-order valence-corrected chi connectivity index (χ1v) is 6.65. The van der Waals surface area contributed by atoms with Crippen molar-refractivity contribution >= 4 is 12.0 Å². The van der Waals surface area contributed by atoms with Gasteiger partial charge in [-0.25, -0.2) is 4.79 Å². The number of urea groups is 1. The number of aromatic nitrogens is 1. The summed E-state index contributed by atoms with van der Waals surface area (Å²) < 4.78 is 44.6. The maximum Gasteiger partial charge on any atom is 0.437 e. The van der Waals surface area contributed by atoms with Crippen molar-refractivity contribution in [2.45, 2.75) is 24.9 Å². The number of carbonyl (C=O) groups is 2. The van der Waals surface area contributed by atoms with E-state index in [1.165, 1.54) is 36.8 Å². The molecule has 1 saturated heterocycles. The van der Waals surface area contributed by atoms with Crippen LogP contribution < -0.4 is 10.6 Å². The molecule has 2 amide bonds. The summed E-state index contributed by atoms with van der Waals surface area (Å²) in [4.78, 5) is 27.4. The molecule has 0 unspecified atom stereocenters. The van der Waals surface area contributed by atoms with E-state index in [0.717, 1.165) is 0 Å². The van der Waals surface area contributed by atoms with E-state index in [9.17, 15) is 27.9 Å². The minimum Gasteiger partial charge on any atom is -0.466 e. The Hall–Kier alpha value is -2.36. The highest BCUT2D eigenvalue weighted by atomic mass is 19.4. The number of pyridine rings is 1. The van der Waals surface area contributed by atoms with Crippen molar-refractivity contribution in [3.05, 3.63) is 30.1 Å². The van der Waals surface area contributed by atoms with Gasteiger partial charge in [-0.15, -0.1) is 0 Å². The predicted molar refractivity (Wildman–Crippen MR) is 69.8 cm³/mol. The molecule has 3 N–H and O–H groups in total. The van der Waals surface area contributed by atoms with Gasteiger partial charge in [0.1, 0.15) is 5.92 Å². The minimum atomic E-state index is -5.28. The number of amides is 2. The van der Waals surface area contributed by atoms with Crippen molar-refractivity contribution in [2.75, 3.05) is 6.61 Å². The fourth-order valence-electron chi connectivity index (χ4n) is 2.39. The zero-order valence-electron chi connectivity index (χ0n) is 11.9. The highest BCUT2D eigenvalue weighted by molar-refractivity contribution is 5.83. The third-order valence-corrected chi connectivity index (χ3v) is 3.41. The predicted octanol–water partition coefficient (Wildman–Crippen LogP) is 0.866. The molecular weight excluding hydrogens is 319 g/mol. The van der Waals surface area contributed by atoms with Crippen LogP contribution in [-0.2, 0) is 9.53 Å². The third-order valence-electron chi connectivity index (χ3n) is 3.41. The number of esters is 1. The molecule has 7 nitrogen and oxygen atoms in total. The monoisotopic (exact) mass is 333 g/mol. The highest BCUT2D eigenvalue weighted by Gasteiger charge is 2.67. The summed E-state index contributed by atoms with van der Waals surface area (Å²) in [5.74, 6) is -3.41. The van der Waals surface area contributed by atoms with Crippen molar-refractivity contribution in [3.8, 4) is 0 Å². The molecule has 0 bridgehead atoms. The second-order valence-corrected chi connectivity index (χ2v) is 4.85. The SMILES string of the molecule is CCOC(=O)[C@@H]1[C@H](c2ccncc2)NC(=O)N[C@@]1(O)C(F)(F)F. The molecule has 1 fully saturated rings. The van der Waals surface area contributed by atoms with Crippen LogP contribution in [0.5, 0.6) is 0 Å². The van der Waals surface area contributed by atoms with Crippen LogP contribution >= 0.6 is 0 Å². The second kappa shape index (κ2) is 6.03. The summed E-state index contributed by atoms with van der Waals surface area (Å²) in [7, 11) is 0. The van der Waals surface area contributed by atoms with E-state index in [1.54, 1.807) is 0 Å². The first kappa shape index (κ1) is 17.0. The molecule has 0 aliphatic carbocycles. The van der Waals surface area contributed by atoms with Gasteiger partial charge in [0.25, 0.3) is 5.72 Å². The van der Waals surface area contributed by atoms with Gasteiger partial charge in [0.2, 0.25) is 0 Å². The smallest absolute Gasteiger partial charge is 0.437 e. The number of rotatable bonds is 3. The van der Waals surface area contributed by atoms with Crippen LogP contribution in [0.4, 0.5) is 18.0 Å². The number of nitrogens with zero attached hydrogens (tertiary/aromatic N) is 1. The van der Waals surface area contributed by atoms with E-state index >= 15 is 0 Å². The summed E-state index contributed by atoms with van der Waals surface area (Å²) >= 11 is 0. The number of hydrogen-bond donors (Lipinski definition) is 3. The van der Waals surface area contributed by atoms with Crippen LogP contribution in [-0.4, -0.2) is 40.6 Å². The normalized spacial score (nSPS) is 27.8. The van der Waals surface area contributed by atoms with E-state index in [-0.39, 0.29) is 12.2 Å². The number of nitrogens with one attached hydrogen (secondary N) is 2. The van der Waals surface area contributed by atoms with Crippen molar-refractivity contribution in [2.24, 2.45) is 5.92 Å². The number of halogens is 3. The molecule has 1 aliphatic heterocycles. The zero-order valence-corrected chi connectivity index (χ0v) is 11.9. The fraction of sp³-hybridized carbons (Fsp3) is 0.462. The third kappa shape index (κ3) is 3.07. The zero-order chi connectivity index (χ0) is 17.3. The Kier molecular flexibility index (Phi) is 4.46. The summed E-state index contributed by atoms with van der Waals surface area (Å²) in [6.45, 7) is 1.24. The summed E-state index contributed by atoms with van der Waals surface area (Å²) in [6.07, 6.45) is -2.70. The number of hydrogen-bond acceptors (Lipinski definition) is 5. The number of ether oxygens (including phenoxy) is 1. The summed E-state index contributed by atoms with van der Waals surface area (Å²) in [6, 6.07) is -0.0249. The van der Waals surface area contributed by atoms with Crippen molar-refractivity contribution in [1.82, 2.24) is 15.6 Å². The van der Waals surface area contributed by atoms with Gasteiger partial charge in [-0.3, -0.25) is 9.78 Å². The first-order chi connectivity index (χ1) is 10.7. The van der Waals surface area contributed by atoms with Gasteiger partial charge >= 0.3 is 18.2 Å². The summed E-state index contributed by atoms with van der Waals surface area (Å²) in [5.41, 5.74) is -3.58. The van der Waals surface area contributed by atoms with Crippen LogP contribution in [0.3, 0.4) is 0 Å². The number of alkyl halides is 3. The van der Waals surface area contributed by atoms with Crippen LogP contribution in [0.25, 0.3) is 0 Å². The van der Waals surface area contributed by atoms with Crippen LogP contribution in [0.15, 0.2) is 24.5 Å². The quantitative estimate of drug-likeness (QED) is 0.713. The van der Waals surface area contributed by atoms with Gasteiger partial charge in [-0.1, -0.05) is 0 Å². The second-order valence-electron chi connectivity index (χ2n) is 4.85. The molecule has 1 aromatic rings. The van der Waals surface area contributed by atoms with E-state index in [0.29, 0.717) is 0 Å². The molecule has 0 aromatic carbocycles. The van der Waals surface area contributed by atoms with E-state index < -0.39 is 35.9 Å². The van der Waals surface area contributed by atoms with Crippen molar-refractivity contribution in [1.29, 1.82) is 0 Å². The Bertz CT molecular complexity index is 596. The van der Waals surface area contributed by atoms with Gasteiger partial charge in [-0.05, 0) is 24.6 Å². The molecule has 0 radical (unpaired) electrons. The molecule has 1 aromatic heterocycles. The van der Waals surface area contributed by atoms with Gasteiger partial charge in [0, 0.05) is 12.4 Å². The van der Waals surface area contributed by atoms with Crippen molar-refractivity contribution < 1.29 is 32.6 Å². The molecule has 126 valence electrons. The fourth-order valence-corrected chi connectivity index (χ4v) is 2.39. The highest BCUT2D eigenvalue weighted by Crippen LogP contribution is 2.42. The van der Waals surface area contributed by atoms with Crippen LogP contribution in [0.2, 0.25) is 0 Å². The lowest BCUT2D eigenvalue weighted by Gasteiger charge is -2.44. The van der Waals surface area contributed by atoms with Crippen LogP contribution in [0.1, 0.15) is 18.5 Å². The van der Waals surface area contributed by atoms with Crippen LogP contribution in [0, 0.1) is 5.92 Å². The average Bonchev–Trinajstić information content (AvgIpc) is 2.46. The molecule has 3 atom stereocenters. The van der Waals surface area contributed by atoms with Gasteiger partial charge < -0.3 is 20.5 Å². The maximum atomic E-state index is 13.3. The van der Waals surface area contributed by atoms with Gasteiger partial charge in [0.15, 0.2) is 0 Å². The lowest BCUT2D eigenvalue weighted by Crippen LogP contribution is -2.73. The molecule has 1 aliphatic rings. The standard InChI is InChI=1S/C13H14F3N3O4/c1-2-23-10(20)8-9(7-3-5-17-6-4-7)18-11(21)19-12(8,22)13(14,15)16/h3-6,8-9,22H,2H2,1H3,(H2,18,19,21)/t8-,9-,12-/m0/s1. The molecule has 23 heavy (non-hydrogen) atoms. The lowest BCUT2D eigenvalue weighted by atomic mass is 9.82. The topological polar surface area (TPSA) is 101 Å². The lowest BCUT2D eigenvalue weighted by molar-refractivity contribution is -0.294. The Morgan fingerprint density at radius 3 is 2.57 bits per heavy atom. The molecule has 0 saturated carbocycles. The molecular formula is C13H14F3N3O4. The Balaban J connectivity index is 2.54. The Labute approximate surface area is 128 Å². The Morgan fingerprint density at radius 1 is 1.43 bits per heavy atom. The molecule has 0 spiro atoms.